The molecule has 0 aromatic rings. The SMILES string of the molecule is O.O=[N+]([O-])S. The van der Waals surface area contributed by atoms with Crippen LogP contribution in [-0.4, -0.2) is 9.80 Å². The van der Waals surface area contributed by atoms with Crippen molar-refractivity contribution >= 4 is 12.8 Å². The lowest BCUT2D eigenvalue weighted by atomic mass is 13.4. The summed E-state index contributed by atoms with van der Waals surface area (Å²) in [6.45, 7) is 0. The zero-order valence-electron chi connectivity index (χ0n) is 2.21. The van der Waals surface area contributed by atoms with Gasteiger partial charge in [0, 0.05) is 0 Å². The Balaban J connectivity index is 0. The molecule has 0 aromatic heterocycles. The summed E-state index contributed by atoms with van der Waals surface area (Å²) in [6, 6.07) is 0. The third-order valence-corrected chi connectivity index (χ3v) is 0. The van der Waals surface area contributed by atoms with Gasteiger partial charge in [0.25, 0.3) is 0 Å². The standard InChI is InChI=1S/HNO2S.H2O/c2-1(3)4;/h4H;1H2. The Morgan fingerprint density at radius 1 is 1.80 bits per heavy atom. The summed E-state index contributed by atoms with van der Waals surface area (Å²) >= 11 is 2.69. The molecule has 0 aliphatic carbocycles. The lowest BCUT2D eigenvalue weighted by molar-refractivity contribution is -0.278. The highest BCUT2D eigenvalue weighted by Crippen LogP contribution is 1.63. The Morgan fingerprint density at radius 2 is 1.80 bits per heavy atom. The molecule has 5 heteroatoms. The van der Waals surface area contributed by atoms with Crippen LogP contribution < -0.4 is 0 Å². The van der Waals surface area contributed by atoms with E-state index >= 15 is 0 Å². The highest BCUT2D eigenvalue weighted by molar-refractivity contribution is 7.73. The molecule has 0 rings (SSSR count). The van der Waals surface area contributed by atoms with Gasteiger partial charge in [-0.25, -0.2) is 0 Å². The van der Waals surface area contributed by atoms with Gasteiger partial charge in [-0.2, -0.15) is 0 Å². The van der Waals surface area contributed by atoms with Crippen molar-refractivity contribution in [1.82, 2.24) is 0 Å². The zero-order valence-corrected chi connectivity index (χ0v) is 3.11. The third-order valence-electron chi connectivity index (χ3n) is 0. The lowest BCUT2D eigenvalue weighted by Gasteiger charge is -1.58. The topological polar surface area (TPSA) is 74.6 Å². The van der Waals surface area contributed by atoms with E-state index in [2.05, 4.69) is 12.8 Å². The van der Waals surface area contributed by atoms with Crippen LogP contribution in [0.3, 0.4) is 0 Å². The largest absolute Gasteiger partial charge is 0.412 e. The van der Waals surface area contributed by atoms with Gasteiger partial charge in [0.2, 0.25) is 12.8 Å². The second-order valence-corrected chi connectivity index (χ2v) is 0.564. The maximum Gasteiger partial charge on any atom is 0.213 e. The summed E-state index contributed by atoms with van der Waals surface area (Å²) in [4.78, 5) is 8.67. The van der Waals surface area contributed by atoms with Crippen LogP contribution in [-0.2, 0) is 0 Å². The van der Waals surface area contributed by atoms with E-state index in [9.17, 15) is 0 Å². The first kappa shape index (κ1) is 8.83. The quantitative estimate of drug-likeness (QED) is 0.246. The number of hydrogen-bond donors (Lipinski definition) is 1. The summed E-state index contributed by atoms with van der Waals surface area (Å²) in [5.74, 6) is 0. The van der Waals surface area contributed by atoms with E-state index < -0.39 is 4.33 Å². The molecule has 0 saturated heterocycles. The Morgan fingerprint density at radius 3 is 1.80 bits per heavy atom. The van der Waals surface area contributed by atoms with Gasteiger partial charge in [-0.15, -0.1) is 0 Å². The second kappa shape index (κ2) is 3.71. The Bertz CT molecular complexity index is 29.9. The number of hydrogen-bond acceptors (Lipinski definition) is 2. The number of rotatable bonds is 0. The normalized spacial score (nSPS) is 5.00. The maximum absolute atomic E-state index is 8.67. The van der Waals surface area contributed by atoms with Gasteiger partial charge in [0.15, 0.2) is 0 Å². The molecule has 0 unspecified atom stereocenters. The van der Waals surface area contributed by atoms with Crippen LogP contribution in [0.4, 0.5) is 0 Å². The van der Waals surface area contributed by atoms with Crippen LogP contribution in [0.2, 0.25) is 0 Å². The molecule has 32 valence electrons. The van der Waals surface area contributed by atoms with Crippen molar-refractivity contribution in [2.75, 3.05) is 0 Å². The van der Waals surface area contributed by atoms with Crippen molar-refractivity contribution < 1.29 is 9.80 Å². The molecule has 2 N–H and O–H groups in total. The fraction of sp³-hybridized carbons (Fsp3) is 0. The molecule has 0 radical (unpaired) electrons. The first-order valence-corrected chi connectivity index (χ1v) is 0.965. The summed E-state index contributed by atoms with van der Waals surface area (Å²) < 4.78 is -0.806. The molecular formula is H3NO3S. The van der Waals surface area contributed by atoms with Crippen LogP contribution in [0, 0.1) is 10.1 Å². The molecule has 0 heterocycles. The number of nitrogens with zero attached hydrogens (tertiary/aromatic N) is 1. The van der Waals surface area contributed by atoms with Crippen molar-refractivity contribution in [2.45, 2.75) is 0 Å². The van der Waals surface area contributed by atoms with Crippen molar-refractivity contribution in [3.8, 4) is 0 Å². The predicted molar refractivity (Wildman–Crippen MR) is 19.6 cm³/mol. The van der Waals surface area contributed by atoms with E-state index in [1.54, 1.807) is 0 Å². The van der Waals surface area contributed by atoms with Gasteiger partial charge >= 0.3 is 0 Å². The van der Waals surface area contributed by atoms with E-state index in [0.717, 1.165) is 0 Å². The summed E-state index contributed by atoms with van der Waals surface area (Å²) in [7, 11) is 0. The van der Waals surface area contributed by atoms with E-state index in [-0.39, 0.29) is 5.48 Å². The smallest absolute Gasteiger partial charge is 0.213 e. The first-order valence-electron chi connectivity index (χ1n) is 0.565. The fourth-order valence-corrected chi connectivity index (χ4v) is 0. The summed E-state index contributed by atoms with van der Waals surface area (Å²) in [5.41, 5.74) is 0. The van der Waals surface area contributed by atoms with Gasteiger partial charge < -0.3 is 5.48 Å². The van der Waals surface area contributed by atoms with E-state index in [0.29, 0.717) is 0 Å². The molecule has 0 amide bonds. The molecule has 0 bridgehead atoms. The Labute approximate surface area is 33.8 Å². The van der Waals surface area contributed by atoms with Crippen LogP contribution in [0.25, 0.3) is 0 Å². The molecule has 4 nitrogen and oxygen atoms in total. The molecule has 0 aromatic carbocycles. The lowest BCUT2D eigenvalue weighted by Crippen LogP contribution is -1.66. The molecule has 0 aliphatic rings. The average Bonchev–Trinajstić information content (AvgIpc) is 0.811. The maximum atomic E-state index is 8.67. The zero-order chi connectivity index (χ0) is 3.58. The van der Waals surface area contributed by atoms with Crippen molar-refractivity contribution in [3.63, 3.8) is 0 Å². The minimum absolute atomic E-state index is 0. The van der Waals surface area contributed by atoms with Crippen LogP contribution in [0.5, 0.6) is 0 Å². The molecular weight excluding hydrogens is 94.1 g/mol. The third kappa shape index (κ3) is 129. The van der Waals surface area contributed by atoms with Gasteiger partial charge in [-0.1, -0.05) is 0 Å². The van der Waals surface area contributed by atoms with Crippen molar-refractivity contribution in [3.05, 3.63) is 10.1 Å². The van der Waals surface area contributed by atoms with E-state index in [1.807, 2.05) is 0 Å². The monoisotopic (exact) mass is 97.0 g/mol. The molecule has 0 fully saturated rings. The summed E-state index contributed by atoms with van der Waals surface area (Å²) in [6.07, 6.45) is 0. The highest BCUT2D eigenvalue weighted by Gasteiger charge is 1.62. The molecule has 0 aliphatic heterocycles. The molecule has 0 saturated carbocycles. The average molecular weight is 97.1 g/mol. The Kier molecular flexibility index (Phi) is 6.55. The van der Waals surface area contributed by atoms with Gasteiger partial charge in [-0.05, 0) is 0 Å². The van der Waals surface area contributed by atoms with Crippen LogP contribution >= 0.6 is 12.8 Å². The minimum atomic E-state index is -0.806. The molecule has 0 atom stereocenters. The van der Waals surface area contributed by atoms with Crippen molar-refractivity contribution in [2.24, 2.45) is 0 Å². The highest BCUT2D eigenvalue weighted by atomic mass is 32.1. The Hall–Kier alpha value is -0.290. The number of thiol groups is 1. The second-order valence-electron chi connectivity index (χ2n) is 0.238. The molecule has 0 spiro atoms. The van der Waals surface area contributed by atoms with Gasteiger partial charge in [0.1, 0.15) is 0 Å². The van der Waals surface area contributed by atoms with E-state index in [4.69, 9.17) is 10.1 Å². The number of nitro groups is 1. The van der Waals surface area contributed by atoms with Gasteiger partial charge in [0.05, 0.1) is 4.33 Å². The van der Waals surface area contributed by atoms with Crippen LogP contribution in [0.15, 0.2) is 0 Å². The first-order chi connectivity index (χ1) is 1.73. The molecule has 5 heavy (non-hydrogen) atoms. The minimum Gasteiger partial charge on any atom is -0.412 e. The van der Waals surface area contributed by atoms with Gasteiger partial charge in [-0.3, -0.25) is 10.1 Å². The van der Waals surface area contributed by atoms with Crippen LogP contribution in [0.1, 0.15) is 0 Å². The fourth-order valence-electron chi connectivity index (χ4n) is 0. The predicted octanol–water partition coefficient (Wildman–Crippen LogP) is -0.717. The summed E-state index contributed by atoms with van der Waals surface area (Å²) in [5, 5.41) is 8.67. The van der Waals surface area contributed by atoms with Crippen molar-refractivity contribution in [1.29, 1.82) is 0 Å². The van der Waals surface area contributed by atoms with E-state index in [1.165, 1.54) is 0 Å².